The maximum absolute atomic E-state index is 6.52. The van der Waals surface area contributed by atoms with Gasteiger partial charge in [-0.15, -0.1) is 0 Å². The van der Waals surface area contributed by atoms with Gasteiger partial charge in [0, 0.05) is 48.8 Å². The first-order chi connectivity index (χ1) is 16.7. The summed E-state index contributed by atoms with van der Waals surface area (Å²) in [7, 11) is 0. The minimum atomic E-state index is 0.126. The molecular weight excluding hydrogens is 456 g/mol. The summed E-state index contributed by atoms with van der Waals surface area (Å²) in [6.45, 7) is 4.18. The summed E-state index contributed by atoms with van der Waals surface area (Å²) in [5, 5.41) is 3.94. The zero-order valence-corrected chi connectivity index (χ0v) is 19.6. The fraction of sp³-hybridized carbons (Fsp3) is 0.500. The van der Waals surface area contributed by atoms with Gasteiger partial charge in [0.2, 0.25) is 5.95 Å². The van der Waals surface area contributed by atoms with Crippen molar-refractivity contribution in [3.8, 4) is 5.75 Å². The molecule has 1 saturated heterocycles. The number of fused-ring (bicyclic) bond motifs is 2. The second-order valence-corrected chi connectivity index (χ2v) is 9.32. The third-order valence-electron chi connectivity index (χ3n) is 6.73. The Balaban J connectivity index is 1.13. The molecule has 0 radical (unpaired) electrons. The number of anilines is 2. The number of hydrogen-bond acceptors (Lipinski definition) is 9. The molecule has 178 valence electrons. The van der Waals surface area contributed by atoms with Gasteiger partial charge in [-0.1, -0.05) is 11.6 Å². The van der Waals surface area contributed by atoms with Crippen molar-refractivity contribution in [3.63, 3.8) is 0 Å². The van der Waals surface area contributed by atoms with Crippen LogP contribution in [0.25, 0.3) is 11.0 Å². The van der Waals surface area contributed by atoms with E-state index in [1.165, 1.54) is 0 Å². The summed E-state index contributed by atoms with van der Waals surface area (Å²) >= 11 is 6.31. The summed E-state index contributed by atoms with van der Waals surface area (Å²) < 4.78 is 17.5. The van der Waals surface area contributed by atoms with Gasteiger partial charge >= 0.3 is 0 Å². The highest BCUT2D eigenvalue weighted by Gasteiger charge is 2.26. The summed E-state index contributed by atoms with van der Waals surface area (Å²) in [6, 6.07) is 4.48. The molecule has 9 nitrogen and oxygen atoms in total. The van der Waals surface area contributed by atoms with Crippen molar-refractivity contribution in [1.82, 2.24) is 19.9 Å². The zero-order valence-electron chi connectivity index (χ0n) is 18.9. The number of ether oxygens (including phenoxy) is 3. The van der Waals surface area contributed by atoms with Crippen molar-refractivity contribution >= 4 is 34.3 Å². The predicted molar refractivity (Wildman–Crippen MR) is 128 cm³/mol. The average molecular weight is 483 g/mol. The van der Waals surface area contributed by atoms with E-state index in [0.717, 1.165) is 85.7 Å². The normalized spacial score (nSPS) is 22.6. The Bertz CT molecular complexity index is 1180. The van der Waals surface area contributed by atoms with Gasteiger partial charge in [-0.3, -0.25) is 4.98 Å². The minimum Gasteiger partial charge on any atom is -0.488 e. The third kappa shape index (κ3) is 4.47. The lowest BCUT2D eigenvalue weighted by molar-refractivity contribution is 0.122. The van der Waals surface area contributed by atoms with E-state index in [1.54, 1.807) is 12.4 Å². The fourth-order valence-corrected chi connectivity index (χ4v) is 5.13. The van der Waals surface area contributed by atoms with Crippen LogP contribution in [0.2, 0.25) is 5.15 Å². The first kappa shape index (κ1) is 21.8. The summed E-state index contributed by atoms with van der Waals surface area (Å²) in [6.07, 6.45) is 7.37. The monoisotopic (exact) mass is 482 g/mol. The first-order valence-electron chi connectivity index (χ1n) is 11.9. The SMILES string of the molecule is Clc1nc(N[C@H]2CC[C@@H](Oc3cc(N4CCOCC4)cc4nccnc34)CC2)nc2c1COC2. The average Bonchev–Trinajstić information content (AvgIpc) is 3.35. The lowest BCUT2D eigenvalue weighted by atomic mass is 9.93. The van der Waals surface area contributed by atoms with Gasteiger partial charge < -0.3 is 24.4 Å². The Morgan fingerprint density at radius 3 is 2.65 bits per heavy atom. The highest BCUT2D eigenvalue weighted by Crippen LogP contribution is 2.33. The highest BCUT2D eigenvalue weighted by atomic mass is 35.5. The Morgan fingerprint density at radius 1 is 0.971 bits per heavy atom. The summed E-state index contributed by atoms with van der Waals surface area (Å²) in [4.78, 5) is 20.4. The Morgan fingerprint density at radius 2 is 1.79 bits per heavy atom. The maximum Gasteiger partial charge on any atom is 0.224 e. The molecular formula is C24H27ClN6O3. The van der Waals surface area contributed by atoms with Gasteiger partial charge in [-0.05, 0) is 31.7 Å². The van der Waals surface area contributed by atoms with Crippen LogP contribution in [0.3, 0.4) is 0 Å². The van der Waals surface area contributed by atoms with Gasteiger partial charge in [0.15, 0.2) is 0 Å². The first-order valence-corrected chi connectivity index (χ1v) is 12.2. The predicted octanol–water partition coefficient (Wildman–Crippen LogP) is 3.74. The van der Waals surface area contributed by atoms with Gasteiger partial charge in [-0.2, -0.15) is 0 Å². The van der Waals surface area contributed by atoms with E-state index < -0.39 is 0 Å². The fourth-order valence-electron chi connectivity index (χ4n) is 4.89. The number of benzene rings is 1. The molecule has 34 heavy (non-hydrogen) atoms. The quantitative estimate of drug-likeness (QED) is 0.545. The van der Waals surface area contributed by atoms with Crippen LogP contribution in [0, 0.1) is 0 Å². The van der Waals surface area contributed by atoms with Crippen LogP contribution in [0.1, 0.15) is 36.9 Å². The second kappa shape index (κ2) is 9.48. The number of aromatic nitrogens is 4. The number of nitrogens with one attached hydrogen (secondary N) is 1. The number of nitrogens with zero attached hydrogens (tertiary/aromatic N) is 5. The molecule has 0 bridgehead atoms. The van der Waals surface area contributed by atoms with Crippen LogP contribution in [0.5, 0.6) is 5.75 Å². The van der Waals surface area contributed by atoms with Crippen molar-refractivity contribution in [2.75, 3.05) is 36.5 Å². The van der Waals surface area contributed by atoms with E-state index in [4.69, 9.17) is 25.8 Å². The molecule has 1 N–H and O–H groups in total. The number of rotatable bonds is 5. The maximum atomic E-state index is 6.52. The Hall–Kier alpha value is -2.75. The van der Waals surface area contributed by atoms with Crippen molar-refractivity contribution in [1.29, 1.82) is 0 Å². The van der Waals surface area contributed by atoms with Crippen molar-refractivity contribution in [3.05, 3.63) is 40.9 Å². The summed E-state index contributed by atoms with van der Waals surface area (Å²) in [5.41, 5.74) is 4.55. The van der Waals surface area contributed by atoms with Crippen LogP contribution in [0.4, 0.5) is 11.6 Å². The minimum absolute atomic E-state index is 0.126. The Kier molecular flexibility index (Phi) is 6.07. The van der Waals surface area contributed by atoms with E-state index in [0.29, 0.717) is 24.3 Å². The van der Waals surface area contributed by atoms with Crippen LogP contribution in [-0.2, 0) is 22.7 Å². The van der Waals surface area contributed by atoms with Crippen LogP contribution in [0.15, 0.2) is 24.5 Å². The number of halogens is 1. The molecule has 1 aromatic carbocycles. The molecule has 2 aliphatic heterocycles. The standard InChI is InChI=1S/C24H27ClN6O3/c25-23-18-13-33-14-20(18)29-24(30-23)28-15-1-3-17(4-2-15)34-21-12-16(31-7-9-32-10-8-31)11-19-22(21)27-6-5-26-19/h5-6,11-12,15,17H,1-4,7-10,13-14H2,(H,28,29,30)/t15-,17+. The lowest BCUT2D eigenvalue weighted by Crippen LogP contribution is -2.36. The van der Waals surface area contributed by atoms with E-state index in [1.807, 2.05) is 0 Å². The van der Waals surface area contributed by atoms with E-state index in [-0.39, 0.29) is 12.1 Å². The molecule has 6 rings (SSSR count). The van der Waals surface area contributed by atoms with E-state index in [9.17, 15) is 0 Å². The largest absolute Gasteiger partial charge is 0.488 e. The smallest absolute Gasteiger partial charge is 0.224 e. The van der Waals surface area contributed by atoms with E-state index in [2.05, 4.69) is 42.3 Å². The molecule has 4 heterocycles. The number of hydrogen-bond donors (Lipinski definition) is 1. The molecule has 10 heteroatoms. The lowest BCUT2D eigenvalue weighted by Gasteiger charge is -2.31. The third-order valence-corrected chi connectivity index (χ3v) is 7.04. The molecule has 3 aromatic rings. The molecule has 3 aliphatic rings. The summed E-state index contributed by atoms with van der Waals surface area (Å²) in [5.74, 6) is 1.38. The molecule has 0 spiro atoms. The van der Waals surface area contributed by atoms with Crippen LogP contribution in [-0.4, -0.2) is 58.4 Å². The molecule has 0 atom stereocenters. The van der Waals surface area contributed by atoms with Crippen molar-refractivity contribution in [2.45, 2.75) is 51.0 Å². The van der Waals surface area contributed by atoms with Crippen LogP contribution < -0.4 is 15.0 Å². The zero-order chi connectivity index (χ0) is 22.9. The number of morpholine rings is 1. The van der Waals surface area contributed by atoms with Gasteiger partial charge in [0.05, 0.1) is 43.7 Å². The van der Waals surface area contributed by atoms with Gasteiger partial charge in [-0.25, -0.2) is 15.0 Å². The van der Waals surface area contributed by atoms with Crippen LogP contribution >= 0.6 is 11.6 Å². The second-order valence-electron chi connectivity index (χ2n) is 8.96. The molecule has 2 fully saturated rings. The van der Waals surface area contributed by atoms with Crippen molar-refractivity contribution in [2.24, 2.45) is 0 Å². The van der Waals surface area contributed by atoms with E-state index >= 15 is 0 Å². The van der Waals surface area contributed by atoms with Gasteiger partial charge in [0.25, 0.3) is 0 Å². The van der Waals surface area contributed by atoms with Gasteiger partial charge in [0.1, 0.15) is 16.4 Å². The topological polar surface area (TPSA) is 94.5 Å². The Labute approximate surface area is 202 Å². The highest BCUT2D eigenvalue weighted by molar-refractivity contribution is 6.30. The van der Waals surface area contributed by atoms with Crippen molar-refractivity contribution < 1.29 is 14.2 Å². The molecule has 2 aromatic heterocycles. The molecule has 1 saturated carbocycles. The molecule has 1 aliphatic carbocycles. The molecule has 0 amide bonds. The molecule has 0 unspecified atom stereocenters.